The molecule has 0 fully saturated rings. The van der Waals surface area contributed by atoms with Crippen LogP contribution in [0.1, 0.15) is 0 Å². The summed E-state index contributed by atoms with van der Waals surface area (Å²) in [6.07, 6.45) is 0. The molecule has 0 aliphatic heterocycles. The first kappa shape index (κ1) is 29.1. The summed E-state index contributed by atoms with van der Waals surface area (Å²) in [6, 6.07) is 69.0. The van der Waals surface area contributed by atoms with Gasteiger partial charge in [-0.3, -0.25) is 0 Å². The Hall–Kier alpha value is -6.84. The molecule has 0 aliphatic carbocycles. The maximum atomic E-state index is 6.52. The lowest BCUT2D eigenvalue weighted by molar-refractivity contribution is 0.670. The van der Waals surface area contributed by atoms with Gasteiger partial charge in [0.1, 0.15) is 11.2 Å². The molecule has 8 aromatic carbocycles. The lowest BCUT2D eigenvalue weighted by atomic mass is 9.98. The molecule has 0 aliphatic rings. The molecule has 0 saturated heterocycles. The van der Waals surface area contributed by atoms with E-state index in [9.17, 15) is 0 Å². The van der Waals surface area contributed by atoms with Crippen LogP contribution in [0.4, 0.5) is 17.1 Å². The Morgan fingerprint density at radius 1 is 0.373 bits per heavy atom. The highest BCUT2D eigenvalue weighted by molar-refractivity contribution is 6.11. The molecular formula is C48H32N2O. The van der Waals surface area contributed by atoms with Gasteiger partial charge in [-0.05, 0) is 60.2 Å². The van der Waals surface area contributed by atoms with Crippen LogP contribution in [0.3, 0.4) is 0 Å². The Labute approximate surface area is 295 Å². The minimum atomic E-state index is 0.897. The zero-order chi connectivity index (χ0) is 33.7. The van der Waals surface area contributed by atoms with Gasteiger partial charge < -0.3 is 13.9 Å². The van der Waals surface area contributed by atoms with Gasteiger partial charge in [-0.15, -0.1) is 0 Å². The molecule has 0 saturated carbocycles. The molecule has 0 radical (unpaired) electrons. The highest BCUT2D eigenvalue weighted by Gasteiger charge is 2.21. The topological polar surface area (TPSA) is 21.3 Å². The van der Waals surface area contributed by atoms with Gasteiger partial charge in [-0.1, -0.05) is 140 Å². The number of anilines is 3. The number of benzene rings is 8. The number of hydrogen-bond acceptors (Lipinski definition) is 2. The Bertz CT molecular complexity index is 2810. The van der Waals surface area contributed by atoms with E-state index in [1.54, 1.807) is 0 Å². The van der Waals surface area contributed by atoms with Crippen molar-refractivity contribution in [1.82, 2.24) is 4.57 Å². The first-order valence-electron chi connectivity index (χ1n) is 17.4. The van der Waals surface area contributed by atoms with Crippen LogP contribution in [-0.4, -0.2) is 4.57 Å². The molecule has 0 bridgehead atoms. The Morgan fingerprint density at radius 2 is 0.922 bits per heavy atom. The van der Waals surface area contributed by atoms with E-state index in [1.807, 2.05) is 12.1 Å². The van der Waals surface area contributed by atoms with Crippen molar-refractivity contribution in [2.24, 2.45) is 0 Å². The van der Waals surface area contributed by atoms with Gasteiger partial charge in [-0.25, -0.2) is 0 Å². The molecule has 2 aromatic heterocycles. The summed E-state index contributed by atoms with van der Waals surface area (Å²) in [6.45, 7) is 0. The molecular weight excluding hydrogens is 621 g/mol. The Kier molecular flexibility index (Phi) is 6.81. The van der Waals surface area contributed by atoms with Crippen LogP contribution in [0.25, 0.3) is 71.7 Å². The third-order valence-electron chi connectivity index (χ3n) is 10.0. The molecule has 51 heavy (non-hydrogen) atoms. The summed E-state index contributed by atoms with van der Waals surface area (Å²) in [7, 11) is 0. The third kappa shape index (κ3) is 4.74. The summed E-state index contributed by atoms with van der Waals surface area (Å²) in [5, 5.41) is 4.77. The van der Waals surface area contributed by atoms with Crippen molar-refractivity contribution < 1.29 is 4.42 Å². The van der Waals surface area contributed by atoms with E-state index in [0.717, 1.165) is 61.4 Å². The molecule has 240 valence electrons. The minimum Gasteiger partial charge on any atom is -0.455 e. The quantitative estimate of drug-likeness (QED) is 0.178. The van der Waals surface area contributed by atoms with Gasteiger partial charge >= 0.3 is 0 Å². The molecule has 0 N–H and O–H groups in total. The van der Waals surface area contributed by atoms with Gasteiger partial charge in [0.15, 0.2) is 0 Å². The summed E-state index contributed by atoms with van der Waals surface area (Å²) < 4.78 is 8.93. The number of rotatable bonds is 6. The second-order valence-electron chi connectivity index (χ2n) is 12.9. The fourth-order valence-electron chi connectivity index (χ4n) is 7.74. The summed E-state index contributed by atoms with van der Waals surface area (Å²) in [4.78, 5) is 2.35. The molecule has 2 heterocycles. The fourth-order valence-corrected chi connectivity index (χ4v) is 7.74. The number of furan rings is 1. The number of nitrogens with zero attached hydrogens (tertiary/aromatic N) is 2. The predicted molar refractivity (Wildman–Crippen MR) is 214 cm³/mol. The van der Waals surface area contributed by atoms with Crippen molar-refractivity contribution in [1.29, 1.82) is 0 Å². The maximum Gasteiger partial charge on any atom is 0.143 e. The predicted octanol–water partition coefficient (Wildman–Crippen LogP) is 13.5. The SMILES string of the molecule is c1ccc(N(c2ccc(-c3ccccc3-n3c4ccccc4c4ccccc43)cc2)c2ccccc2-c2cccc3c2oc2ccccc23)cc1. The fraction of sp³-hybridized carbons (Fsp3) is 0. The van der Waals surface area contributed by atoms with E-state index >= 15 is 0 Å². The average Bonchev–Trinajstić information content (AvgIpc) is 3.75. The van der Waals surface area contributed by atoms with Gasteiger partial charge in [0.25, 0.3) is 0 Å². The van der Waals surface area contributed by atoms with Crippen molar-refractivity contribution >= 4 is 60.8 Å². The van der Waals surface area contributed by atoms with Gasteiger partial charge in [0.2, 0.25) is 0 Å². The van der Waals surface area contributed by atoms with Gasteiger partial charge in [0, 0.05) is 49.6 Å². The second kappa shape index (κ2) is 11.9. The third-order valence-corrected chi connectivity index (χ3v) is 10.0. The van der Waals surface area contributed by atoms with Crippen LogP contribution >= 0.6 is 0 Å². The largest absolute Gasteiger partial charge is 0.455 e. The van der Waals surface area contributed by atoms with Crippen LogP contribution in [0.15, 0.2) is 199 Å². The lowest BCUT2D eigenvalue weighted by Gasteiger charge is -2.28. The van der Waals surface area contributed by atoms with E-state index in [4.69, 9.17) is 4.42 Å². The molecule has 10 aromatic rings. The minimum absolute atomic E-state index is 0.897. The van der Waals surface area contributed by atoms with Crippen molar-refractivity contribution in [2.45, 2.75) is 0 Å². The number of para-hydroxylation sites is 7. The summed E-state index contributed by atoms with van der Waals surface area (Å²) >= 11 is 0. The van der Waals surface area contributed by atoms with Crippen LogP contribution in [-0.2, 0) is 0 Å². The van der Waals surface area contributed by atoms with Crippen molar-refractivity contribution in [3.8, 4) is 27.9 Å². The van der Waals surface area contributed by atoms with Gasteiger partial charge in [0.05, 0.1) is 22.4 Å². The zero-order valence-corrected chi connectivity index (χ0v) is 27.8. The van der Waals surface area contributed by atoms with E-state index in [1.165, 1.54) is 27.4 Å². The normalized spacial score (nSPS) is 11.5. The summed E-state index contributed by atoms with van der Waals surface area (Å²) in [5.41, 5.74) is 13.1. The van der Waals surface area contributed by atoms with Crippen molar-refractivity contribution in [3.63, 3.8) is 0 Å². The lowest BCUT2D eigenvalue weighted by Crippen LogP contribution is -2.11. The van der Waals surface area contributed by atoms with E-state index in [-0.39, 0.29) is 0 Å². The monoisotopic (exact) mass is 652 g/mol. The van der Waals surface area contributed by atoms with Crippen LogP contribution in [0.2, 0.25) is 0 Å². The second-order valence-corrected chi connectivity index (χ2v) is 12.9. The Morgan fingerprint density at radius 3 is 1.69 bits per heavy atom. The number of aromatic nitrogens is 1. The molecule has 3 heteroatoms. The molecule has 0 spiro atoms. The molecule has 10 rings (SSSR count). The number of fused-ring (bicyclic) bond motifs is 6. The highest BCUT2D eigenvalue weighted by atomic mass is 16.3. The first-order valence-corrected chi connectivity index (χ1v) is 17.4. The van der Waals surface area contributed by atoms with E-state index < -0.39 is 0 Å². The van der Waals surface area contributed by atoms with Crippen molar-refractivity contribution in [2.75, 3.05) is 4.90 Å². The summed E-state index contributed by atoms with van der Waals surface area (Å²) in [5.74, 6) is 0. The first-order chi connectivity index (χ1) is 25.3. The van der Waals surface area contributed by atoms with E-state index in [0.29, 0.717) is 0 Å². The smallest absolute Gasteiger partial charge is 0.143 e. The Balaban J connectivity index is 1.12. The molecule has 0 unspecified atom stereocenters. The average molecular weight is 653 g/mol. The standard InChI is InChI=1S/C48H32N2O/c1-2-15-34(16-3-1)49(44-25-10-7-20-39(44)41-22-14-23-42-40-21-8-13-28-47(40)51-48(41)42)35-31-29-33(30-32-35)36-17-4-9-24-43(36)50-45-26-11-5-18-37(45)38-19-6-12-27-46(38)50/h1-32H. The molecule has 3 nitrogen and oxygen atoms in total. The van der Waals surface area contributed by atoms with E-state index in [2.05, 4.69) is 191 Å². The maximum absolute atomic E-state index is 6.52. The van der Waals surface area contributed by atoms with Crippen LogP contribution in [0.5, 0.6) is 0 Å². The van der Waals surface area contributed by atoms with Crippen molar-refractivity contribution in [3.05, 3.63) is 194 Å². The van der Waals surface area contributed by atoms with Gasteiger partial charge in [-0.2, -0.15) is 0 Å². The number of hydrogen-bond donors (Lipinski definition) is 0. The van der Waals surface area contributed by atoms with Crippen LogP contribution < -0.4 is 4.90 Å². The highest BCUT2D eigenvalue weighted by Crippen LogP contribution is 2.45. The molecule has 0 atom stereocenters. The van der Waals surface area contributed by atoms with Crippen LogP contribution in [0, 0.1) is 0 Å². The zero-order valence-electron chi connectivity index (χ0n) is 27.8. The molecule has 0 amide bonds.